The Hall–Kier alpha value is -3.36. The molecule has 2 amide bonds. The monoisotopic (exact) mass is 437 g/mol. The lowest BCUT2D eigenvalue weighted by atomic mass is 10.2. The van der Waals surface area contributed by atoms with Gasteiger partial charge in [-0.3, -0.25) is 9.59 Å². The Morgan fingerprint density at radius 2 is 1.73 bits per heavy atom. The highest BCUT2D eigenvalue weighted by Gasteiger charge is 2.11. The van der Waals surface area contributed by atoms with E-state index in [1.165, 1.54) is 34.8 Å². The molecule has 2 N–H and O–H groups in total. The van der Waals surface area contributed by atoms with Crippen LogP contribution < -0.4 is 10.6 Å². The van der Waals surface area contributed by atoms with Crippen molar-refractivity contribution in [1.82, 2.24) is 4.98 Å². The molecule has 8 heteroatoms. The molecule has 0 unspecified atom stereocenters. The van der Waals surface area contributed by atoms with Crippen LogP contribution in [0.3, 0.4) is 0 Å². The summed E-state index contributed by atoms with van der Waals surface area (Å²) in [7, 11) is 0. The minimum absolute atomic E-state index is 0.0948. The number of thiazole rings is 1. The Kier molecular flexibility index (Phi) is 5.97. The third-order valence-corrected chi connectivity index (χ3v) is 5.92. The Morgan fingerprint density at radius 3 is 2.50 bits per heavy atom. The van der Waals surface area contributed by atoms with E-state index in [0.717, 1.165) is 0 Å². The Balaban J connectivity index is 1.38. The molecule has 0 fully saturated rings. The number of rotatable bonds is 6. The van der Waals surface area contributed by atoms with Gasteiger partial charge >= 0.3 is 0 Å². The first-order valence-electron chi connectivity index (χ1n) is 9.02. The van der Waals surface area contributed by atoms with Crippen molar-refractivity contribution in [2.45, 2.75) is 6.42 Å². The molecule has 2 aromatic heterocycles. The zero-order valence-corrected chi connectivity index (χ0v) is 17.2. The zero-order chi connectivity index (χ0) is 20.9. The molecule has 0 aliphatic heterocycles. The lowest BCUT2D eigenvalue weighted by Gasteiger charge is -2.08. The van der Waals surface area contributed by atoms with Crippen molar-refractivity contribution in [3.8, 4) is 10.6 Å². The van der Waals surface area contributed by atoms with Crippen molar-refractivity contribution in [2.24, 2.45) is 0 Å². The van der Waals surface area contributed by atoms with E-state index in [9.17, 15) is 14.0 Å². The third kappa shape index (κ3) is 4.97. The molecule has 30 heavy (non-hydrogen) atoms. The van der Waals surface area contributed by atoms with Gasteiger partial charge in [-0.25, -0.2) is 9.37 Å². The van der Waals surface area contributed by atoms with Gasteiger partial charge in [0.2, 0.25) is 5.91 Å². The van der Waals surface area contributed by atoms with Crippen molar-refractivity contribution >= 4 is 45.9 Å². The molecular formula is C22H16FN3O2S2. The van der Waals surface area contributed by atoms with Crippen LogP contribution in [0.2, 0.25) is 0 Å². The summed E-state index contributed by atoms with van der Waals surface area (Å²) in [6, 6.07) is 16.7. The minimum atomic E-state index is -0.326. The quantitative estimate of drug-likeness (QED) is 0.422. The molecular weight excluding hydrogens is 421 g/mol. The van der Waals surface area contributed by atoms with Gasteiger partial charge in [-0.2, -0.15) is 0 Å². The Labute approximate surface area is 180 Å². The van der Waals surface area contributed by atoms with E-state index >= 15 is 0 Å². The van der Waals surface area contributed by atoms with Crippen molar-refractivity contribution in [1.29, 1.82) is 0 Å². The van der Waals surface area contributed by atoms with E-state index in [4.69, 9.17) is 0 Å². The summed E-state index contributed by atoms with van der Waals surface area (Å²) >= 11 is 2.72. The number of carbonyl (C=O) groups is 2. The number of nitrogens with one attached hydrogen (secondary N) is 2. The summed E-state index contributed by atoms with van der Waals surface area (Å²) in [6.07, 6.45) is 0.0948. The fourth-order valence-electron chi connectivity index (χ4n) is 2.79. The van der Waals surface area contributed by atoms with E-state index in [2.05, 4.69) is 15.6 Å². The number of nitrogens with zero attached hydrogens (tertiary/aromatic N) is 1. The molecule has 0 radical (unpaired) electrons. The van der Waals surface area contributed by atoms with Gasteiger partial charge in [0.05, 0.1) is 17.0 Å². The first-order valence-corrected chi connectivity index (χ1v) is 10.8. The molecule has 0 atom stereocenters. The standard InChI is InChI=1S/C22H16FN3O2S2/c23-15-5-1-4-14(10-15)22-26-18(13-30-22)12-20(27)24-16-6-2-7-17(11-16)25-21(28)19-8-3-9-29-19/h1-11,13H,12H2,(H,24,27)(H,25,28). The van der Waals surface area contributed by atoms with Gasteiger partial charge in [0.25, 0.3) is 5.91 Å². The molecule has 0 aliphatic carbocycles. The largest absolute Gasteiger partial charge is 0.326 e. The first-order chi connectivity index (χ1) is 14.6. The van der Waals surface area contributed by atoms with Crippen LogP contribution in [-0.2, 0) is 11.2 Å². The lowest BCUT2D eigenvalue weighted by molar-refractivity contribution is -0.115. The summed E-state index contributed by atoms with van der Waals surface area (Å²) in [4.78, 5) is 29.6. The number of hydrogen-bond donors (Lipinski definition) is 2. The van der Waals surface area contributed by atoms with Crippen LogP contribution in [-0.4, -0.2) is 16.8 Å². The number of carbonyl (C=O) groups excluding carboxylic acids is 2. The summed E-state index contributed by atoms with van der Waals surface area (Å²) in [5, 5.41) is 9.92. The highest BCUT2D eigenvalue weighted by Crippen LogP contribution is 2.25. The lowest BCUT2D eigenvalue weighted by Crippen LogP contribution is -2.15. The van der Waals surface area contributed by atoms with Gasteiger partial charge in [0.1, 0.15) is 10.8 Å². The SMILES string of the molecule is O=C(Cc1csc(-c2cccc(F)c2)n1)Nc1cccc(NC(=O)c2cccs2)c1. The number of hydrogen-bond acceptors (Lipinski definition) is 5. The van der Waals surface area contributed by atoms with Crippen molar-refractivity contribution in [3.63, 3.8) is 0 Å². The predicted octanol–water partition coefficient (Wildman–Crippen LogP) is 5.44. The summed E-state index contributed by atoms with van der Waals surface area (Å²) in [5.74, 6) is -0.748. The number of anilines is 2. The van der Waals surface area contributed by atoms with Crippen LogP contribution in [0.1, 0.15) is 15.4 Å². The maximum atomic E-state index is 13.4. The summed E-state index contributed by atoms with van der Waals surface area (Å²) in [6.45, 7) is 0. The normalized spacial score (nSPS) is 10.6. The van der Waals surface area contributed by atoms with Gasteiger partial charge in [-0.05, 0) is 41.8 Å². The zero-order valence-electron chi connectivity index (χ0n) is 15.6. The van der Waals surface area contributed by atoms with Crippen LogP contribution in [0.4, 0.5) is 15.8 Å². The molecule has 4 rings (SSSR count). The molecule has 0 saturated heterocycles. The van der Waals surface area contributed by atoms with Crippen molar-refractivity contribution < 1.29 is 14.0 Å². The van der Waals surface area contributed by atoms with Gasteiger partial charge in [0, 0.05) is 22.3 Å². The number of halogens is 1. The predicted molar refractivity (Wildman–Crippen MR) is 119 cm³/mol. The molecule has 4 aromatic rings. The molecule has 0 aliphatic rings. The summed E-state index contributed by atoms with van der Waals surface area (Å²) in [5.41, 5.74) is 2.46. The maximum absolute atomic E-state index is 13.4. The molecule has 0 spiro atoms. The second-order valence-electron chi connectivity index (χ2n) is 6.39. The average molecular weight is 438 g/mol. The van der Waals surface area contributed by atoms with Crippen LogP contribution in [0, 0.1) is 5.82 Å². The summed E-state index contributed by atoms with van der Waals surface area (Å²) < 4.78 is 13.4. The van der Waals surface area contributed by atoms with Crippen LogP contribution >= 0.6 is 22.7 Å². The number of benzene rings is 2. The minimum Gasteiger partial charge on any atom is -0.326 e. The molecule has 2 heterocycles. The molecule has 0 saturated carbocycles. The van der Waals surface area contributed by atoms with Crippen molar-refractivity contribution in [2.75, 3.05) is 10.6 Å². The van der Waals surface area contributed by atoms with E-state index in [-0.39, 0.29) is 24.1 Å². The second-order valence-corrected chi connectivity index (χ2v) is 8.20. The molecule has 150 valence electrons. The molecule has 0 bridgehead atoms. The first kappa shape index (κ1) is 19.9. The van der Waals surface area contributed by atoms with E-state index in [0.29, 0.717) is 32.5 Å². The average Bonchev–Trinajstić information content (AvgIpc) is 3.40. The van der Waals surface area contributed by atoms with Gasteiger partial charge in [0.15, 0.2) is 0 Å². The van der Waals surface area contributed by atoms with E-state index < -0.39 is 0 Å². The van der Waals surface area contributed by atoms with Gasteiger partial charge in [-0.1, -0.05) is 24.3 Å². The Bertz CT molecular complexity index is 1190. The van der Waals surface area contributed by atoms with Crippen LogP contribution in [0.15, 0.2) is 71.4 Å². The third-order valence-electron chi connectivity index (χ3n) is 4.11. The smallest absolute Gasteiger partial charge is 0.265 e. The highest BCUT2D eigenvalue weighted by molar-refractivity contribution is 7.13. The topological polar surface area (TPSA) is 71.1 Å². The van der Waals surface area contributed by atoms with Gasteiger partial charge < -0.3 is 10.6 Å². The van der Waals surface area contributed by atoms with Crippen LogP contribution in [0.5, 0.6) is 0 Å². The van der Waals surface area contributed by atoms with E-state index in [1.807, 2.05) is 11.4 Å². The highest BCUT2D eigenvalue weighted by atomic mass is 32.1. The number of thiophene rings is 1. The fourth-order valence-corrected chi connectivity index (χ4v) is 4.22. The number of aromatic nitrogens is 1. The fraction of sp³-hybridized carbons (Fsp3) is 0.0455. The second kappa shape index (κ2) is 8.98. The van der Waals surface area contributed by atoms with Gasteiger partial charge in [-0.15, -0.1) is 22.7 Å². The van der Waals surface area contributed by atoms with E-state index in [1.54, 1.807) is 47.8 Å². The van der Waals surface area contributed by atoms with Crippen LogP contribution in [0.25, 0.3) is 10.6 Å². The maximum Gasteiger partial charge on any atom is 0.265 e. The number of amides is 2. The molecule has 5 nitrogen and oxygen atoms in total. The Morgan fingerprint density at radius 1 is 0.933 bits per heavy atom. The molecule has 2 aromatic carbocycles. The van der Waals surface area contributed by atoms with Crippen molar-refractivity contribution in [3.05, 3.63) is 87.8 Å².